The highest BCUT2D eigenvalue weighted by Crippen LogP contribution is 2.32. The summed E-state index contributed by atoms with van der Waals surface area (Å²) >= 11 is 0. The molecule has 1 fully saturated rings. The monoisotopic (exact) mass is 423 g/mol. The van der Waals surface area contributed by atoms with E-state index in [2.05, 4.69) is 5.32 Å². The molecular formula is C17H20F5N4O3-. The Morgan fingerprint density at radius 3 is 2.62 bits per heavy atom. The van der Waals surface area contributed by atoms with Crippen LogP contribution in [0.1, 0.15) is 12.0 Å². The molecule has 1 saturated heterocycles. The maximum atomic E-state index is 13.5. The van der Waals surface area contributed by atoms with E-state index < -0.39 is 49.1 Å². The lowest BCUT2D eigenvalue weighted by Crippen LogP contribution is -2.47. The van der Waals surface area contributed by atoms with Crippen LogP contribution >= 0.6 is 0 Å². The Bertz CT molecular complexity index is 744. The van der Waals surface area contributed by atoms with Crippen LogP contribution in [0.15, 0.2) is 18.2 Å². The quantitative estimate of drug-likeness (QED) is 0.684. The molecule has 7 nitrogen and oxygen atoms in total. The fraction of sp³-hybridized carbons (Fsp3) is 0.529. The minimum absolute atomic E-state index is 0.177. The molecule has 2 amide bonds. The molecule has 12 heteroatoms. The maximum absolute atomic E-state index is 13.5. The molecule has 1 aliphatic rings. The van der Waals surface area contributed by atoms with E-state index in [1.54, 1.807) is 0 Å². The number of morpholine rings is 1. The molecule has 0 saturated carbocycles. The fourth-order valence-corrected chi connectivity index (χ4v) is 2.86. The molecule has 0 bridgehead atoms. The first-order valence-corrected chi connectivity index (χ1v) is 8.56. The zero-order valence-corrected chi connectivity index (χ0v) is 15.4. The third-order valence-corrected chi connectivity index (χ3v) is 4.28. The number of hydrogen-bond donors (Lipinski definition) is 1. The second kappa shape index (κ2) is 9.46. The number of nitrogens with zero attached hydrogens (tertiary/aromatic N) is 2. The summed E-state index contributed by atoms with van der Waals surface area (Å²) in [5, 5.41) is 2.17. The molecule has 29 heavy (non-hydrogen) atoms. The molecule has 0 aliphatic carbocycles. The Morgan fingerprint density at radius 2 is 2.07 bits per heavy atom. The van der Waals surface area contributed by atoms with Crippen molar-refractivity contribution in [3.63, 3.8) is 0 Å². The van der Waals surface area contributed by atoms with Gasteiger partial charge in [0, 0.05) is 23.5 Å². The van der Waals surface area contributed by atoms with Gasteiger partial charge < -0.3 is 20.7 Å². The number of rotatable bonds is 7. The Hall–Kier alpha value is -2.31. The van der Waals surface area contributed by atoms with Gasteiger partial charge in [-0.2, -0.15) is 13.2 Å². The van der Waals surface area contributed by atoms with Crippen LogP contribution in [0, 0.1) is 0 Å². The minimum atomic E-state index is -4.58. The highest BCUT2D eigenvalue weighted by molar-refractivity contribution is 5.98. The number of carbonyl (C=O) groups excluding carboxylic acids is 2. The van der Waals surface area contributed by atoms with Crippen LogP contribution in [-0.2, 0) is 14.3 Å². The normalized spacial score (nSPS) is 16.4. The first-order valence-electron chi connectivity index (χ1n) is 8.56. The minimum Gasteiger partial charge on any atom is -0.676 e. The van der Waals surface area contributed by atoms with Gasteiger partial charge in [-0.1, -0.05) is 0 Å². The largest absolute Gasteiger partial charge is 0.676 e. The maximum Gasteiger partial charge on any atom is 0.401 e. The molecule has 162 valence electrons. The van der Waals surface area contributed by atoms with E-state index in [0.717, 1.165) is 19.2 Å². The molecule has 0 spiro atoms. The summed E-state index contributed by atoms with van der Waals surface area (Å²) in [7, 11) is 1.02. The molecule has 1 aromatic carbocycles. The summed E-state index contributed by atoms with van der Waals surface area (Å²) in [6.45, 7) is -1.88. The zero-order valence-electron chi connectivity index (χ0n) is 15.4. The standard InChI is InChI=1S/C17H20F5N4O3/c1-25(9-17(20,21)22)13(7-23)16(28)24-12-3-2-10(6-11(12)15(18)19)26-4-5-29-8-14(26)27/h2-3,6,13,15,23H,4-5,7-9H2,1H3,(H,24,28)/q-1/t13-/m0/s1. The highest BCUT2D eigenvalue weighted by Gasteiger charge is 2.33. The molecule has 0 aromatic heterocycles. The Labute approximate surface area is 163 Å². The first-order chi connectivity index (χ1) is 13.5. The number of amides is 2. The lowest BCUT2D eigenvalue weighted by Gasteiger charge is -2.30. The van der Waals surface area contributed by atoms with Crippen LogP contribution in [0.5, 0.6) is 0 Å². The van der Waals surface area contributed by atoms with Gasteiger partial charge in [0.1, 0.15) is 6.61 Å². The number of nitrogens with one attached hydrogen (secondary N) is 2. The van der Waals surface area contributed by atoms with E-state index in [-0.39, 0.29) is 31.1 Å². The van der Waals surface area contributed by atoms with Gasteiger partial charge in [-0.3, -0.25) is 14.5 Å². The summed E-state index contributed by atoms with van der Waals surface area (Å²) in [5.41, 5.74) is 6.66. The Kier molecular flexibility index (Phi) is 7.49. The van der Waals surface area contributed by atoms with E-state index in [4.69, 9.17) is 10.5 Å². The van der Waals surface area contributed by atoms with Gasteiger partial charge in [-0.25, -0.2) is 8.78 Å². The predicted molar refractivity (Wildman–Crippen MR) is 94.9 cm³/mol. The number of likely N-dealkylation sites (N-methyl/N-ethyl adjacent to an activating group) is 1. The van der Waals surface area contributed by atoms with Gasteiger partial charge in [0.25, 0.3) is 12.3 Å². The lowest BCUT2D eigenvalue weighted by atomic mass is 10.1. The molecule has 2 N–H and O–H groups in total. The summed E-state index contributed by atoms with van der Waals surface area (Å²) in [6.07, 6.45) is -7.59. The van der Waals surface area contributed by atoms with Crippen LogP contribution in [0.25, 0.3) is 5.73 Å². The zero-order chi connectivity index (χ0) is 21.8. The Balaban J connectivity index is 2.22. The predicted octanol–water partition coefficient (Wildman–Crippen LogP) is 2.84. The molecule has 0 unspecified atom stereocenters. The summed E-state index contributed by atoms with van der Waals surface area (Å²) in [5.74, 6) is -1.42. The Morgan fingerprint density at radius 1 is 1.38 bits per heavy atom. The van der Waals surface area contributed by atoms with Crippen LogP contribution < -0.4 is 10.2 Å². The van der Waals surface area contributed by atoms with E-state index in [9.17, 15) is 31.5 Å². The highest BCUT2D eigenvalue weighted by atomic mass is 19.4. The average Bonchev–Trinajstić information content (AvgIpc) is 2.61. The van der Waals surface area contributed by atoms with Gasteiger partial charge in [0.05, 0.1) is 19.2 Å². The lowest BCUT2D eigenvalue weighted by molar-refractivity contribution is -0.149. The molecule has 1 aromatic rings. The van der Waals surface area contributed by atoms with Gasteiger partial charge in [-0.15, -0.1) is 6.54 Å². The fourth-order valence-electron chi connectivity index (χ4n) is 2.86. The number of carbonyl (C=O) groups is 2. The van der Waals surface area contributed by atoms with E-state index in [1.165, 1.54) is 11.0 Å². The summed E-state index contributed by atoms with van der Waals surface area (Å²) in [4.78, 5) is 26.1. The van der Waals surface area contributed by atoms with Crippen LogP contribution in [-0.4, -0.2) is 68.8 Å². The molecule has 1 atom stereocenters. The van der Waals surface area contributed by atoms with Crippen LogP contribution in [0.4, 0.5) is 33.3 Å². The SMILES string of the molecule is CN(CC(F)(F)F)[C@@H](C[NH-])C(=O)Nc1ccc(N2CCOCC2=O)cc1C(F)F. The van der Waals surface area contributed by atoms with E-state index >= 15 is 0 Å². The molecule has 1 heterocycles. The second-order valence-corrected chi connectivity index (χ2v) is 6.41. The van der Waals surface area contributed by atoms with Crippen molar-refractivity contribution in [1.29, 1.82) is 0 Å². The summed E-state index contributed by atoms with van der Waals surface area (Å²) < 4.78 is 69.6. The molecule has 2 rings (SSSR count). The number of benzene rings is 1. The van der Waals surface area contributed by atoms with Crippen molar-refractivity contribution in [1.82, 2.24) is 4.90 Å². The van der Waals surface area contributed by atoms with Crippen molar-refractivity contribution in [3.05, 3.63) is 29.5 Å². The van der Waals surface area contributed by atoms with E-state index in [1.807, 2.05) is 0 Å². The van der Waals surface area contributed by atoms with Crippen molar-refractivity contribution in [2.24, 2.45) is 0 Å². The van der Waals surface area contributed by atoms with Gasteiger partial charge >= 0.3 is 6.18 Å². The average molecular weight is 423 g/mol. The third kappa shape index (κ3) is 6.08. The van der Waals surface area contributed by atoms with Crippen molar-refractivity contribution in [2.75, 3.05) is 50.1 Å². The van der Waals surface area contributed by atoms with Crippen LogP contribution in [0.3, 0.4) is 0 Å². The van der Waals surface area contributed by atoms with E-state index in [0.29, 0.717) is 4.90 Å². The van der Waals surface area contributed by atoms with Crippen molar-refractivity contribution < 1.29 is 36.3 Å². The number of ether oxygens (including phenoxy) is 1. The smallest absolute Gasteiger partial charge is 0.401 e. The van der Waals surface area contributed by atoms with Gasteiger partial charge in [-0.05, 0) is 25.2 Å². The number of alkyl halides is 5. The van der Waals surface area contributed by atoms with Crippen molar-refractivity contribution in [3.8, 4) is 0 Å². The van der Waals surface area contributed by atoms with Crippen LogP contribution in [0.2, 0.25) is 0 Å². The molecule has 0 radical (unpaired) electrons. The second-order valence-electron chi connectivity index (χ2n) is 6.41. The topological polar surface area (TPSA) is 85.7 Å². The third-order valence-electron chi connectivity index (χ3n) is 4.28. The number of anilines is 2. The number of hydrogen-bond acceptors (Lipinski definition) is 4. The summed E-state index contributed by atoms with van der Waals surface area (Å²) in [6, 6.07) is 2.06. The number of halogens is 5. The molecular weight excluding hydrogens is 403 g/mol. The van der Waals surface area contributed by atoms with Gasteiger partial charge in [0.2, 0.25) is 5.91 Å². The molecule has 1 aliphatic heterocycles. The first kappa shape index (κ1) is 23.0. The van der Waals surface area contributed by atoms with Crippen molar-refractivity contribution >= 4 is 23.2 Å². The van der Waals surface area contributed by atoms with Crippen molar-refractivity contribution in [2.45, 2.75) is 18.6 Å². The van der Waals surface area contributed by atoms with Gasteiger partial charge in [0.15, 0.2) is 0 Å².